The minimum Gasteiger partial charge on any atom is -0.392 e. The Labute approximate surface area is 181 Å². The summed E-state index contributed by atoms with van der Waals surface area (Å²) in [6.07, 6.45) is 11.6. The number of nitrogens with zero attached hydrogens (tertiary/aromatic N) is 1. The van der Waals surface area contributed by atoms with E-state index in [0.29, 0.717) is 24.7 Å². The molecule has 1 aromatic carbocycles. The molecule has 4 nitrogen and oxygen atoms in total. The van der Waals surface area contributed by atoms with Crippen LogP contribution in [0.4, 0.5) is 0 Å². The summed E-state index contributed by atoms with van der Waals surface area (Å²) < 4.78 is 0. The van der Waals surface area contributed by atoms with Crippen molar-refractivity contribution in [2.24, 2.45) is 17.8 Å². The zero-order valence-corrected chi connectivity index (χ0v) is 18.6. The molecule has 0 aromatic heterocycles. The molecule has 2 aliphatic rings. The Morgan fingerprint density at radius 1 is 1.30 bits per heavy atom. The van der Waals surface area contributed by atoms with Gasteiger partial charge in [0.15, 0.2) is 0 Å². The van der Waals surface area contributed by atoms with Crippen molar-refractivity contribution in [3.05, 3.63) is 59.2 Å². The van der Waals surface area contributed by atoms with Crippen molar-refractivity contribution in [3.8, 4) is 0 Å². The lowest BCUT2D eigenvalue weighted by atomic mass is 9.88. The normalized spacial score (nSPS) is 26.6. The number of carbonyl (C=O) groups excluding carboxylic acids is 1. The van der Waals surface area contributed by atoms with Gasteiger partial charge in [0.05, 0.1) is 12.2 Å². The Bertz CT molecular complexity index is 782. The summed E-state index contributed by atoms with van der Waals surface area (Å²) in [5.41, 5.74) is 3.82. The number of benzene rings is 1. The van der Waals surface area contributed by atoms with Crippen LogP contribution in [0.1, 0.15) is 49.7 Å². The van der Waals surface area contributed by atoms with Crippen molar-refractivity contribution in [3.63, 3.8) is 0 Å². The fourth-order valence-corrected chi connectivity index (χ4v) is 5.05. The quantitative estimate of drug-likeness (QED) is 0.476. The van der Waals surface area contributed by atoms with Gasteiger partial charge in [-0.2, -0.15) is 0 Å². The lowest BCUT2D eigenvalue weighted by Crippen LogP contribution is -2.21. The highest BCUT2D eigenvalue weighted by Gasteiger charge is 2.43. The molecule has 1 aromatic rings. The molecule has 0 unspecified atom stereocenters. The monoisotopic (exact) mass is 411 g/mol. The number of carbonyl (C=O) groups is 1. The van der Waals surface area contributed by atoms with Gasteiger partial charge in [-0.05, 0) is 56.4 Å². The van der Waals surface area contributed by atoms with Crippen LogP contribution in [0.2, 0.25) is 0 Å². The van der Waals surface area contributed by atoms with E-state index in [1.54, 1.807) is 19.0 Å². The first-order chi connectivity index (χ1) is 14.3. The van der Waals surface area contributed by atoms with Crippen molar-refractivity contribution in [2.45, 2.75) is 64.1 Å². The van der Waals surface area contributed by atoms with Gasteiger partial charge in [0.1, 0.15) is 0 Å². The largest absolute Gasteiger partial charge is 0.392 e. The number of aliphatic hydroxyl groups excluding tert-OH is 2. The van der Waals surface area contributed by atoms with Crippen LogP contribution in [-0.4, -0.2) is 47.3 Å². The minimum absolute atomic E-state index is 0.117. The highest BCUT2D eigenvalue weighted by atomic mass is 16.3. The minimum atomic E-state index is -0.527. The second-order valence-electron chi connectivity index (χ2n) is 9.38. The maximum Gasteiger partial charge on any atom is 0.222 e. The highest BCUT2D eigenvalue weighted by Crippen LogP contribution is 2.48. The summed E-state index contributed by atoms with van der Waals surface area (Å²) in [4.78, 5) is 13.3. The molecule has 1 amide bonds. The molecule has 164 valence electrons. The summed E-state index contributed by atoms with van der Waals surface area (Å²) in [7, 11) is 3.61. The summed E-state index contributed by atoms with van der Waals surface area (Å²) >= 11 is 0. The van der Waals surface area contributed by atoms with E-state index in [4.69, 9.17) is 0 Å². The van der Waals surface area contributed by atoms with E-state index in [-0.39, 0.29) is 17.9 Å². The van der Waals surface area contributed by atoms with Gasteiger partial charge in [-0.25, -0.2) is 0 Å². The molecule has 2 N–H and O–H groups in total. The van der Waals surface area contributed by atoms with E-state index in [0.717, 1.165) is 37.7 Å². The molecule has 0 heterocycles. The van der Waals surface area contributed by atoms with Gasteiger partial charge in [-0.1, -0.05) is 53.6 Å². The molecule has 1 fully saturated rings. The Balaban J connectivity index is 1.47. The number of aliphatic hydroxyl groups is 2. The molecule has 3 rings (SSSR count). The van der Waals surface area contributed by atoms with Crippen molar-refractivity contribution in [2.75, 3.05) is 14.1 Å². The zero-order chi connectivity index (χ0) is 21.7. The predicted octanol–water partition coefficient (Wildman–Crippen LogP) is 4.05. The van der Waals surface area contributed by atoms with E-state index in [1.807, 2.05) is 18.2 Å². The summed E-state index contributed by atoms with van der Waals surface area (Å²) in [6.45, 7) is 2.06. The smallest absolute Gasteiger partial charge is 0.222 e. The third kappa shape index (κ3) is 6.05. The second kappa shape index (κ2) is 10.4. The predicted molar refractivity (Wildman–Crippen MR) is 121 cm³/mol. The first-order valence-electron chi connectivity index (χ1n) is 11.3. The van der Waals surface area contributed by atoms with E-state index in [1.165, 1.54) is 11.1 Å². The van der Waals surface area contributed by atoms with Crippen molar-refractivity contribution in [1.29, 1.82) is 0 Å². The summed E-state index contributed by atoms with van der Waals surface area (Å²) in [6, 6.07) is 8.24. The molecule has 0 spiro atoms. The second-order valence-corrected chi connectivity index (χ2v) is 9.38. The van der Waals surface area contributed by atoms with Gasteiger partial charge in [-0.15, -0.1) is 0 Å². The first-order valence-corrected chi connectivity index (χ1v) is 11.3. The van der Waals surface area contributed by atoms with Crippen LogP contribution in [0.3, 0.4) is 0 Å². The van der Waals surface area contributed by atoms with E-state index in [2.05, 4.69) is 31.2 Å². The number of hydrogen-bond donors (Lipinski definition) is 2. The molecule has 5 atom stereocenters. The summed E-state index contributed by atoms with van der Waals surface area (Å²) in [5.74, 6) is 1.21. The van der Waals surface area contributed by atoms with Crippen molar-refractivity contribution >= 4 is 5.91 Å². The van der Waals surface area contributed by atoms with E-state index >= 15 is 0 Å². The van der Waals surface area contributed by atoms with Gasteiger partial charge in [0.2, 0.25) is 5.91 Å². The molecule has 0 saturated heterocycles. The van der Waals surface area contributed by atoms with Crippen LogP contribution in [0, 0.1) is 24.7 Å². The number of amides is 1. The van der Waals surface area contributed by atoms with Crippen LogP contribution in [-0.2, 0) is 11.2 Å². The van der Waals surface area contributed by atoms with E-state index < -0.39 is 6.10 Å². The highest BCUT2D eigenvalue weighted by molar-refractivity contribution is 5.75. The Morgan fingerprint density at radius 2 is 2.10 bits per heavy atom. The number of hydrogen-bond acceptors (Lipinski definition) is 3. The first kappa shape index (κ1) is 22.8. The number of allylic oxidation sites excluding steroid dienone is 2. The van der Waals surface area contributed by atoms with Gasteiger partial charge in [0.25, 0.3) is 0 Å². The standard InChI is InChI=1S/C26H37NO3/c1-18-7-6-9-19(13-18)15-22(28)11-12-23-24-16-20(14-21(24)17-25(23)29)8-4-5-10-26(30)27(2)3/h6-7,9,11-14,21-25,28-29H,4-5,8,10,15-17H2,1-3H3/b12-11+/t21-,22+,23+,24-,25+/m0/s1. The molecule has 0 aliphatic heterocycles. The number of rotatable bonds is 9. The number of aryl methyl sites for hydroxylation is 1. The fourth-order valence-electron chi connectivity index (χ4n) is 5.05. The molecular formula is C26H37NO3. The molecule has 0 bridgehead atoms. The van der Waals surface area contributed by atoms with Gasteiger partial charge in [0, 0.05) is 32.9 Å². The van der Waals surface area contributed by atoms with Crippen LogP contribution in [0.5, 0.6) is 0 Å². The Hall–Kier alpha value is -1.91. The average molecular weight is 412 g/mol. The topological polar surface area (TPSA) is 60.8 Å². The molecule has 0 radical (unpaired) electrons. The van der Waals surface area contributed by atoms with Gasteiger partial charge >= 0.3 is 0 Å². The third-order valence-electron chi connectivity index (χ3n) is 6.67. The van der Waals surface area contributed by atoms with Crippen LogP contribution >= 0.6 is 0 Å². The van der Waals surface area contributed by atoms with Crippen LogP contribution in [0.15, 0.2) is 48.1 Å². The zero-order valence-electron chi connectivity index (χ0n) is 18.6. The number of unbranched alkanes of at least 4 members (excludes halogenated alkanes) is 1. The lowest BCUT2D eigenvalue weighted by Gasteiger charge is -2.19. The SMILES string of the molecule is Cc1cccc(C[C@H](O)/C=C/[C@@H]2[C@H]3CC(CCCCC(=O)N(C)C)=C[C@H]3C[C@H]2O)c1. The maximum atomic E-state index is 11.7. The van der Waals surface area contributed by atoms with Crippen LogP contribution in [0.25, 0.3) is 0 Å². The van der Waals surface area contributed by atoms with Crippen molar-refractivity contribution < 1.29 is 15.0 Å². The van der Waals surface area contributed by atoms with Gasteiger partial charge in [-0.3, -0.25) is 4.79 Å². The van der Waals surface area contributed by atoms with Crippen molar-refractivity contribution in [1.82, 2.24) is 4.90 Å². The molecular weight excluding hydrogens is 374 g/mol. The van der Waals surface area contributed by atoms with Gasteiger partial charge < -0.3 is 15.1 Å². The molecule has 4 heteroatoms. The van der Waals surface area contributed by atoms with E-state index in [9.17, 15) is 15.0 Å². The van der Waals surface area contributed by atoms with Crippen LogP contribution < -0.4 is 0 Å². The maximum absolute atomic E-state index is 11.7. The molecule has 2 aliphatic carbocycles. The summed E-state index contributed by atoms with van der Waals surface area (Å²) in [5, 5.41) is 21.0. The lowest BCUT2D eigenvalue weighted by molar-refractivity contribution is -0.128. The molecule has 1 saturated carbocycles. The Kier molecular flexibility index (Phi) is 7.90. The molecule has 30 heavy (non-hydrogen) atoms. The number of fused-ring (bicyclic) bond motifs is 1. The Morgan fingerprint density at radius 3 is 2.83 bits per heavy atom. The fraction of sp³-hybridized carbons (Fsp3) is 0.577. The third-order valence-corrected chi connectivity index (χ3v) is 6.67. The average Bonchev–Trinajstić information content (AvgIpc) is 3.19.